The van der Waals surface area contributed by atoms with E-state index in [1.807, 2.05) is 13.8 Å². The van der Waals surface area contributed by atoms with Crippen LogP contribution in [0.2, 0.25) is 0 Å². The summed E-state index contributed by atoms with van der Waals surface area (Å²) in [7, 11) is 1.62. The quantitative estimate of drug-likeness (QED) is 0.562. The summed E-state index contributed by atoms with van der Waals surface area (Å²) >= 11 is 0. The number of carbonyl (C=O) groups excluding carboxylic acids is 1. The van der Waals surface area contributed by atoms with E-state index >= 15 is 0 Å². The Morgan fingerprint density at radius 1 is 1.21 bits per heavy atom. The van der Waals surface area contributed by atoms with Gasteiger partial charge in [-0.1, -0.05) is 40.0 Å². The molecule has 0 fully saturated rings. The molecule has 0 heterocycles. The van der Waals surface area contributed by atoms with Crippen LogP contribution in [0.3, 0.4) is 0 Å². The van der Waals surface area contributed by atoms with Crippen LogP contribution in [-0.4, -0.2) is 19.0 Å². The topological polar surface area (TPSA) is 26.3 Å². The van der Waals surface area contributed by atoms with Crippen LogP contribution in [0.1, 0.15) is 52.9 Å². The average molecular weight is 200 g/mol. The van der Waals surface area contributed by atoms with Crippen molar-refractivity contribution < 1.29 is 9.53 Å². The monoisotopic (exact) mass is 200 g/mol. The summed E-state index contributed by atoms with van der Waals surface area (Å²) in [4.78, 5) is 11.7. The number of ether oxygens (including phenoxy) is 1. The molecule has 0 spiro atoms. The fourth-order valence-electron chi connectivity index (χ4n) is 1.64. The number of methoxy groups -OCH3 is 1. The summed E-state index contributed by atoms with van der Waals surface area (Å²) in [5.74, 6) is 0.553. The molecule has 0 aromatic rings. The second kappa shape index (κ2) is 7.98. The molecular formula is C12H24O2. The zero-order valence-corrected chi connectivity index (χ0v) is 10.0. The molecule has 0 saturated heterocycles. The number of rotatable bonds is 8. The molecule has 1 unspecified atom stereocenters. The fourth-order valence-corrected chi connectivity index (χ4v) is 1.64. The summed E-state index contributed by atoms with van der Waals surface area (Å²) < 4.78 is 5.18. The summed E-state index contributed by atoms with van der Waals surface area (Å²) in [6, 6.07) is 0. The smallest absolute Gasteiger partial charge is 0.161 e. The van der Waals surface area contributed by atoms with Gasteiger partial charge in [0.2, 0.25) is 0 Å². The Bertz CT molecular complexity index is 152. The Hall–Kier alpha value is -0.370. The molecule has 0 aliphatic carbocycles. The molecule has 0 aliphatic rings. The molecule has 0 aromatic heterocycles. The van der Waals surface area contributed by atoms with Crippen LogP contribution in [-0.2, 0) is 9.53 Å². The van der Waals surface area contributed by atoms with Crippen LogP contribution in [0, 0.1) is 5.92 Å². The zero-order chi connectivity index (χ0) is 11.0. The Labute approximate surface area is 88.0 Å². The van der Waals surface area contributed by atoms with Crippen LogP contribution in [0.4, 0.5) is 0 Å². The molecule has 0 bridgehead atoms. The molecular weight excluding hydrogens is 176 g/mol. The van der Waals surface area contributed by atoms with Gasteiger partial charge in [-0.25, -0.2) is 0 Å². The molecule has 0 amide bonds. The number of ketones is 1. The molecule has 0 rings (SSSR count). The standard InChI is InChI=1S/C12H24O2/c1-5-6-7-8-9-11(13)12(14-4)10(2)3/h10,12H,5-9H2,1-4H3. The molecule has 84 valence electrons. The minimum Gasteiger partial charge on any atom is -0.373 e. The van der Waals surface area contributed by atoms with Crippen molar-refractivity contribution in [1.29, 1.82) is 0 Å². The Morgan fingerprint density at radius 3 is 2.29 bits per heavy atom. The summed E-state index contributed by atoms with van der Waals surface area (Å²) in [6.07, 6.45) is 5.10. The molecule has 0 aromatic carbocycles. The van der Waals surface area contributed by atoms with Gasteiger partial charge in [-0.15, -0.1) is 0 Å². The number of unbranched alkanes of at least 4 members (excludes halogenated alkanes) is 3. The Kier molecular flexibility index (Phi) is 7.77. The highest BCUT2D eigenvalue weighted by atomic mass is 16.5. The molecule has 0 saturated carbocycles. The van der Waals surface area contributed by atoms with Gasteiger partial charge in [0.15, 0.2) is 5.78 Å². The molecule has 1 atom stereocenters. The maximum atomic E-state index is 11.7. The van der Waals surface area contributed by atoms with E-state index < -0.39 is 0 Å². The first-order valence-corrected chi connectivity index (χ1v) is 5.69. The van der Waals surface area contributed by atoms with Gasteiger partial charge in [0, 0.05) is 13.5 Å². The van der Waals surface area contributed by atoms with E-state index in [2.05, 4.69) is 6.92 Å². The first kappa shape index (κ1) is 13.6. The second-order valence-electron chi connectivity index (χ2n) is 4.18. The number of Topliss-reactive ketones (excluding diaryl/α,β-unsaturated/α-hetero) is 1. The van der Waals surface area contributed by atoms with Crippen molar-refractivity contribution in [3.8, 4) is 0 Å². The van der Waals surface area contributed by atoms with Crippen LogP contribution < -0.4 is 0 Å². The molecule has 0 aliphatic heterocycles. The van der Waals surface area contributed by atoms with Gasteiger partial charge < -0.3 is 4.74 Å². The number of carbonyl (C=O) groups is 1. The van der Waals surface area contributed by atoms with E-state index in [-0.39, 0.29) is 11.9 Å². The Morgan fingerprint density at radius 2 is 1.86 bits per heavy atom. The van der Waals surface area contributed by atoms with Gasteiger partial charge in [-0.2, -0.15) is 0 Å². The molecule has 0 radical (unpaired) electrons. The highest BCUT2D eigenvalue weighted by molar-refractivity contribution is 5.83. The SMILES string of the molecule is CCCCCCC(=O)C(OC)C(C)C. The third-order valence-electron chi connectivity index (χ3n) is 2.45. The highest BCUT2D eigenvalue weighted by Crippen LogP contribution is 2.11. The lowest BCUT2D eigenvalue weighted by Gasteiger charge is -2.17. The maximum Gasteiger partial charge on any atom is 0.161 e. The van der Waals surface area contributed by atoms with Crippen LogP contribution in [0.25, 0.3) is 0 Å². The number of hydrogen-bond acceptors (Lipinski definition) is 2. The van der Waals surface area contributed by atoms with Crippen molar-refractivity contribution in [2.24, 2.45) is 5.92 Å². The third-order valence-corrected chi connectivity index (χ3v) is 2.45. The van der Waals surface area contributed by atoms with Crippen molar-refractivity contribution in [3.05, 3.63) is 0 Å². The van der Waals surface area contributed by atoms with Crippen molar-refractivity contribution in [2.75, 3.05) is 7.11 Å². The van der Waals surface area contributed by atoms with Gasteiger partial charge >= 0.3 is 0 Å². The molecule has 2 nitrogen and oxygen atoms in total. The first-order valence-electron chi connectivity index (χ1n) is 5.69. The van der Waals surface area contributed by atoms with E-state index in [9.17, 15) is 4.79 Å². The van der Waals surface area contributed by atoms with Crippen LogP contribution >= 0.6 is 0 Å². The lowest BCUT2D eigenvalue weighted by atomic mass is 9.99. The normalized spacial score (nSPS) is 13.2. The Balaban J connectivity index is 3.70. The second-order valence-corrected chi connectivity index (χ2v) is 4.18. The van der Waals surface area contributed by atoms with E-state index in [0.29, 0.717) is 12.3 Å². The van der Waals surface area contributed by atoms with E-state index in [0.717, 1.165) is 12.8 Å². The lowest BCUT2D eigenvalue weighted by Crippen LogP contribution is -2.28. The van der Waals surface area contributed by atoms with E-state index in [1.165, 1.54) is 12.8 Å². The van der Waals surface area contributed by atoms with Crippen molar-refractivity contribution in [2.45, 2.75) is 59.0 Å². The van der Waals surface area contributed by atoms with E-state index in [1.54, 1.807) is 7.11 Å². The third kappa shape index (κ3) is 5.38. The largest absolute Gasteiger partial charge is 0.373 e. The maximum absolute atomic E-state index is 11.7. The first-order chi connectivity index (χ1) is 6.63. The summed E-state index contributed by atoms with van der Waals surface area (Å²) in [5.41, 5.74) is 0. The fraction of sp³-hybridized carbons (Fsp3) is 0.917. The average Bonchev–Trinajstić information content (AvgIpc) is 2.13. The van der Waals surface area contributed by atoms with Crippen LogP contribution in [0.5, 0.6) is 0 Å². The van der Waals surface area contributed by atoms with Crippen molar-refractivity contribution in [1.82, 2.24) is 0 Å². The van der Waals surface area contributed by atoms with Crippen molar-refractivity contribution in [3.63, 3.8) is 0 Å². The molecule has 0 N–H and O–H groups in total. The lowest BCUT2D eigenvalue weighted by molar-refractivity contribution is -0.131. The molecule has 14 heavy (non-hydrogen) atoms. The van der Waals surface area contributed by atoms with Crippen molar-refractivity contribution >= 4 is 5.78 Å². The summed E-state index contributed by atoms with van der Waals surface area (Å²) in [5, 5.41) is 0. The van der Waals surface area contributed by atoms with E-state index in [4.69, 9.17) is 4.74 Å². The minimum absolute atomic E-state index is 0.198. The van der Waals surface area contributed by atoms with Gasteiger partial charge in [-0.05, 0) is 12.3 Å². The van der Waals surface area contributed by atoms with Crippen LogP contribution in [0.15, 0.2) is 0 Å². The molecule has 2 heteroatoms. The summed E-state index contributed by atoms with van der Waals surface area (Å²) in [6.45, 7) is 6.23. The van der Waals surface area contributed by atoms with Gasteiger partial charge in [0.05, 0.1) is 0 Å². The van der Waals surface area contributed by atoms with Gasteiger partial charge in [-0.3, -0.25) is 4.79 Å². The van der Waals surface area contributed by atoms with Gasteiger partial charge in [0.1, 0.15) is 6.10 Å². The van der Waals surface area contributed by atoms with Gasteiger partial charge in [0.25, 0.3) is 0 Å². The minimum atomic E-state index is -0.198. The zero-order valence-electron chi connectivity index (χ0n) is 10.0. The predicted octanol–water partition coefficient (Wildman–Crippen LogP) is 3.20. The highest BCUT2D eigenvalue weighted by Gasteiger charge is 2.20. The predicted molar refractivity (Wildman–Crippen MR) is 59.4 cm³/mol. The number of hydrogen-bond donors (Lipinski definition) is 0.